The van der Waals surface area contributed by atoms with Gasteiger partial charge in [0, 0.05) is 24.1 Å². The van der Waals surface area contributed by atoms with Gasteiger partial charge >= 0.3 is 0 Å². The Bertz CT molecular complexity index is 443. The number of hydrogen-bond acceptors (Lipinski definition) is 1. The third-order valence-corrected chi connectivity index (χ3v) is 2.53. The standard InChI is InChI=1S/C12H15NO/c1-9(14)8-10-4-3-5-12-11(10)6-7-13(12)2/h3-7,9,14H,8H2,1-2H3. The highest BCUT2D eigenvalue weighted by molar-refractivity contribution is 5.83. The van der Waals surface area contributed by atoms with E-state index in [0.717, 1.165) is 6.42 Å². The number of aryl methyl sites for hydroxylation is 1. The zero-order valence-electron chi connectivity index (χ0n) is 8.57. The summed E-state index contributed by atoms with van der Waals surface area (Å²) in [5, 5.41) is 10.6. The number of fused-ring (bicyclic) bond motifs is 1. The van der Waals surface area contributed by atoms with Gasteiger partial charge in [-0.05, 0) is 31.0 Å². The molecule has 2 aromatic rings. The van der Waals surface area contributed by atoms with Crippen LogP contribution in [0.1, 0.15) is 12.5 Å². The fourth-order valence-corrected chi connectivity index (χ4v) is 1.86. The number of aromatic nitrogens is 1. The minimum atomic E-state index is -0.277. The Morgan fingerprint density at radius 1 is 1.36 bits per heavy atom. The topological polar surface area (TPSA) is 25.2 Å². The Morgan fingerprint density at radius 2 is 2.14 bits per heavy atom. The molecule has 74 valence electrons. The molecule has 0 aliphatic rings. The predicted molar refractivity (Wildman–Crippen MR) is 58.3 cm³/mol. The van der Waals surface area contributed by atoms with E-state index in [1.807, 2.05) is 20.0 Å². The van der Waals surface area contributed by atoms with Crippen LogP contribution in [0.2, 0.25) is 0 Å². The summed E-state index contributed by atoms with van der Waals surface area (Å²) in [6.07, 6.45) is 2.50. The van der Waals surface area contributed by atoms with E-state index >= 15 is 0 Å². The molecule has 2 rings (SSSR count). The second-order valence-corrected chi connectivity index (χ2v) is 3.83. The molecule has 0 saturated heterocycles. The fourth-order valence-electron chi connectivity index (χ4n) is 1.86. The molecule has 0 saturated carbocycles. The van der Waals surface area contributed by atoms with E-state index in [1.165, 1.54) is 16.5 Å². The van der Waals surface area contributed by atoms with Gasteiger partial charge in [0.05, 0.1) is 6.10 Å². The van der Waals surface area contributed by atoms with Crippen LogP contribution in [0.25, 0.3) is 10.9 Å². The lowest BCUT2D eigenvalue weighted by molar-refractivity contribution is 0.196. The number of rotatable bonds is 2. The second kappa shape index (κ2) is 3.46. The van der Waals surface area contributed by atoms with Crippen LogP contribution in [0.5, 0.6) is 0 Å². The monoisotopic (exact) mass is 189 g/mol. The maximum atomic E-state index is 9.37. The minimum absolute atomic E-state index is 0.277. The average molecular weight is 189 g/mol. The van der Waals surface area contributed by atoms with E-state index in [9.17, 15) is 5.11 Å². The smallest absolute Gasteiger partial charge is 0.0552 e. The van der Waals surface area contributed by atoms with E-state index in [4.69, 9.17) is 0 Å². The quantitative estimate of drug-likeness (QED) is 0.769. The van der Waals surface area contributed by atoms with Gasteiger partial charge in [0.15, 0.2) is 0 Å². The molecule has 1 aromatic heterocycles. The molecule has 1 unspecified atom stereocenters. The number of hydrogen-bond donors (Lipinski definition) is 1. The van der Waals surface area contributed by atoms with Crippen LogP contribution < -0.4 is 0 Å². The Kier molecular flexibility index (Phi) is 2.30. The van der Waals surface area contributed by atoms with E-state index in [-0.39, 0.29) is 6.10 Å². The van der Waals surface area contributed by atoms with Crippen LogP contribution in [0.15, 0.2) is 30.5 Å². The summed E-state index contributed by atoms with van der Waals surface area (Å²) >= 11 is 0. The zero-order valence-corrected chi connectivity index (χ0v) is 8.57. The van der Waals surface area contributed by atoms with Gasteiger partial charge in [-0.15, -0.1) is 0 Å². The van der Waals surface area contributed by atoms with Crippen molar-refractivity contribution in [2.24, 2.45) is 7.05 Å². The fraction of sp³-hybridized carbons (Fsp3) is 0.333. The number of aliphatic hydroxyl groups excluding tert-OH is 1. The van der Waals surface area contributed by atoms with E-state index in [0.29, 0.717) is 0 Å². The third-order valence-electron chi connectivity index (χ3n) is 2.53. The van der Waals surface area contributed by atoms with Crippen molar-refractivity contribution in [1.29, 1.82) is 0 Å². The summed E-state index contributed by atoms with van der Waals surface area (Å²) in [5.41, 5.74) is 2.45. The first-order chi connectivity index (χ1) is 6.68. The molecule has 0 bridgehead atoms. The van der Waals surface area contributed by atoms with Crippen LogP contribution in [0.4, 0.5) is 0 Å². The van der Waals surface area contributed by atoms with Crippen LogP contribution in [0.3, 0.4) is 0 Å². The molecule has 1 heterocycles. The molecule has 14 heavy (non-hydrogen) atoms. The molecule has 0 fully saturated rings. The molecule has 0 spiro atoms. The van der Waals surface area contributed by atoms with Crippen molar-refractivity contribution in [3.05, 3.63) is 36.0 Å². The van der Waals surface area contributed by atoms with Gasteiger partial charge in [-0.1, -0.05) is 12.1 Å². The van der Waals surface area contributed by atoms with E-state index < -0.39 is 0 Å². The summed E-state index contributed by atoms with van der Waals surface area (Å²) in [5.74, 6) is 0. The molecule has 0 amide bonds. The zero-order chi connectivity index (χ0) is 10.1. The largest absolute Gasteiger partial charge is 0.393 e. The lowest BCUT2D eigenvalue weighted by Crippen LogP contribution is -2.04. The Hall–Kier alpha value is -1.28. The molecule has 1 atom stereocenters. The first kappa shape index (κ1) is 9.28. The molecular weight excluding hydrogens is 174 g/mol. The predicted octanol–water partition coefficient (Wildman–Crippen LogP) is 2.10. The lowest BCUT2D eigenvalue weighted by Gasteiger charge is -2.06. The van der Waals surface area contributed by atoms with Crippen molar-refractivity contribution in [2.45, 2.75) is 19.4 Å². The first-order valence-corrected chi connectivity index (χ1v) is 4.89. The Morgan fingerprint density at radius 3 is 2.86 bits per heavy atom. The average Bonchev–Trinajstić information content (AvgIpc) is 2.49. The second-order valence-electron chi connectivity index (χ2n) is 3.83. The molecule has 2 heteroatoms. The summed E-state index contributed by atoms with van der Waals surface area (Å²) < 4.78 is 2.10. The van der Waals surface area contributed by atoms with Crippen LogP contribution in [0, 0.1) is 0 Å². The summed E-state index contributed by atoms with van der Waals surface area (Å²) in [7, 11) is 2.04. The number of benzene rings is 1. The molecule has 1 N–H and O–H groups in total. The molecule has 2 nitrogen and oxygen atoms in total. The van der Waals surface area contributed by atoms with Gasteiger partial charge in [-0.2, -0.15) is 0 Å². The van der Waals surface area contributed by atoms with Gasteiger partial charge < -0.3 is 9.67 Å². The SMILES string of the molecule is CC(O)Cc1cccc2c1ccn2C. The van der Waals surface area contributed by atoms with Gasteiger partial charge in [-0.25, -0.2) is 0 Å². The summed E-state index contributed by atoms with van der Waals surface area (Å²) in [6.45, 7) is 1.82. The van der Waals surface area contributed by atoms with Crippen molar-refractivity contribution in [3.63, 3.8) is 0 Å². The van der Waals surface area contributed by atoms with E-state index in [2.05, 4.69) is 29.0 Å². The van der Waals surface area contributed by atoms with Gasteiger partial charge in [0.25, 0.3) is 0 Å². The van der Waals surface area contributed by atoms with Gasteiger partial charge in [0.2, 0.25) is 0 Å². The normalized spacial score (nSPS) is 13.4. The highest BCUT2D eigenvalue weighted by Crippen LogP contribution is 2.20. The maximum absolute atomic E-state index is 9.37. The lowest BCUT2D eigenvalue weighted by atomic mass is 10.0. The third kappa shape index (κ3) is 1.53. The van der Waals surface area contributed by atoms with Gasteiger partial charge in [-0.3, -0.25) is 0 Å². The van der Waals surface area contributed by atoms with Crippen molar-refractivity contribution in [2.75, 3.05) is 0 Å². The van der Waals surface area contributed by atoms with Crippen LogP contribution in [-0.4, -0.2) is 15.8 Å². The number of aliphatic hydroxyl groups is 1. The summed E-state index contributed by atoms with van der Waals surface area (Å²) in [6, 6.07) is 8.32. The molecule has 0 aliphatic carbocycles. The summed E-state index contributed by atoms with van der Waals surface area (Å²) in [4.78, 5) is 0. The van der Waals surface area contributed by atoms with Gasteiger partial charge in [0.1, 0.15) is 0 Å². The highest BCUT2D eigenvalue weighted by atomic mass is 16.3. The van der Waals surface area contributed by atoms with Crippen LogP contribution >= 0.6 is 0 Å². The first-order valence-electron chi connectivity index (χ1n) is 4.89. The maximum Gasteiger partial charge on any atom is 0.0552 e. The Balaban J connectivity index is 2.54. The Labute approximate surface area is 83.8 Å². The van der Waals surface area contributed by atoms with Crippen LogP contribution in [-0.2, 0) is 13.5 Å². The molecular formula is C12H15NO. The number of nitrogens with zero attached hydrogens (tertiary/aromatic N) is 1. The van der Waals surface area contributed by atoms with Crippen molar-refractivity contribution >= 4 is 10.9 Å². The highest BCUT2D eigenvalue weighted by Gasteiger charge is 2.05. The molecule has 0 radical (unpaired) electrons. The van der Waals surface area contributed by atoms with Crippen molar-refractivity contribution in [3.8, 4) is 0 Å². The van der Waals surface area contributed by atoms with Crippen molar-refractivity contribution < 1.29 is 5.11 Å². The molecule has 0 aliphatic heterocycles. The minimum Gasteiger partial charge on any atom is -0.393 e. The van der Waals surface area contributed by atoms with E-state index in [1.54, 1.807) is 0 Å². The van der Waals surface area contributed by atoms with Crippen molar-refractivity contribution in [1.82, 2.24) is 4.57 Å². The molecule has 1 aromatic carbocycles.